The maximum atomic E-state index is 13.1. The molecule has 46 heavy (non-hydrogen) atoms. The van der Waals surface area contributed by atoms with Crippen LogP contribution in [-0.4, -0.2) is 114 Å². The van der Waals surface area contributed by atoms with E-state index in [0.717, 1.165) is 49.5 Å². The maximum Gasteiger partial charge on any atom is 0.488 e. The van der Waals surface area contributed by atoms with Gasteiger partial charge in [-0.1, -0.05) is 24.3 Å². The minimum atomic E-state index is -1.49. The standard InChI is InChI=1S/C33H41BN6O6/c35-22-26-3-1-15-40(26)32(42)23-37-33(43)28-12-13-36-30-10-9-27(21-29(28)30)46-20-2-14-38-16-18-39(19-17-38)31(41)11-6-24-4-7-25(8-5-24)34(44)45/h4-5,7-10,12-13,26,29,44-45H,1-3,6,11,14-21,23H2,(H,37,43)/t26-,29?/m0/s1. The molecule has 13 heteroatoms. The molecule has 2 atom stereocenters. The number of rotatable bonds is 12. The molecule has 0 bridgehead atoms. The van der Waals surface area contributed by atoms with Crippen LogP contribution in [0.2, 0.25) is 0 Å². The first-order valence-electron chi connectivity index (χ1n) is 16.0. The number of nitrogens with one attached hydrogen (secondary N) is 1. The fourth-order valence-corrected chi connectivity index (χ4v) is 6.27. The van der Waals surface area contributed by atoms with Crippen LogP contribution in [0.3, 0.4) is 0 Å². The van der Waals surface area contributed by atoms with E-state index in [1.807, 2.05) is 29.2 Å². The van der Waals surface area contributed by atoms with E-state index in [9.17, 15) is 29.7 Å². The topological polar surface area (TPSA) is 159 Å². The highest BCUT2D eigenvalue weighted by Gasteiger charge is 2.32. The number of carbonyl (C=O) groups excluding carboxylic acids is 3. The summed E-state index contributed by atoms with van der Waals surface area (Å²) in [7, 11) is -1.49. The summed E-state index contributed by atoms with van der Waals surface area (Å²) in [6, 6.07) is 8.71. The van der Waals surface area contributed by atoms with Crippen LogP contribution < -0.4 is 10.8 Å². The largest absolute Gasteiger partial charge is 0.498 e. The molecule has 3 amide bonds. The Kier molecular flexibility index (Phi) is 11.4. The number of nitriles is 1. The summed E-state index contributed by atoms with van der Waals surface area (Å²) >= 11 is 0. The van der Waals surface area contributed by atoms with Gasteiger partial charge in [0.05, 0.1) is 25.0 Å². The molecule has 0 spiro atoms. The van der Waals surface area contributed by atoms with Gasteiger partial charge in [-0.05, 0) is 54.9 Å². The number of dihydropyridines is 1. The van der Waals surface area contributed by atoms with Crippen molar-refractivity contribution in [3.8, 4) is 6.07 Å². The second kappa shape index (κ2) is 15.8. The van der Waals surface area contributed by atoms with Gasteiger partial charge in [0, 0.05) is 75.5 Å². The summed E-state index contributed by atoms with van der Waals surface area (Å²) in [6.45, 7) is 4.79. The van der Waals surface area contributed by atoms with Crippen molar-refractivity contribution in [3.05, 3.63) is 65.1 Å². The molecule has 2 saturated heterocycles. The Morgan fingerprint density at radius 2 is 1.83 bits per heavy atom. The summed E-state index contributed by atoms with van der Waals surface area (Å²) in [5, 5.41) is 30.4. The number of benzene rings is 1. The first kappa shape index (κ1) is 33.1. The van der Waals surface area contributed by atoms with Crippen LogP contribution in [0, 0.1) is 17.2 Å². The van der Waals surface area contributed by atoms with Crippen LogP contribution in [0.15, 0.2) is 64.5 Å². The minimum absolute atomic E-state index is 0.130. The normalized spacial score (nSPS) is 21.0. The molecule has 3 heterocycles. The first-order chi connectivity index (χ1) is 22.3. The van der Waals surface area contributed by atoms with Gasteiger partial charge in [0.15, 0.2) is 0 Å². The van der Waals surface area contributed by atoms with Crippen molar-refractivity contribution in [1.82, 2.24) is 20.0 Å². The number of likely N-dealkylation sites (tertiary alicyclic amines) is 1. The van der Waals surface area contributed by atoms with Crippen LogP contribution in [0.5, 0.6) is 0 Å². The summed E-state index contributed by atoms with van der Waals surface area (Å²) < 4.78 is 6.09. The summed E-state index contributed by atoms with van der Waals surface area (Å²) in [6.07, 6.45) is 10.9. The van der Waals surface area contributed by atoms with Gasteiger partial charge in [-0.25, -0.2) is 0 Å². The number of fused-ring (bicyclic) bond motifs is 1. The molecule has 1 aliphatic carbocycles. The van der Waals surface area contributed by atoms with E-state index in [0.29, 0.717) is 63.0 Å². The lowest BCUT2D eigenvalue weighted by Gasteiger charge is -2.35. The van der Waals surface area contributed by atoms with Gasteiger partial charge >= 0.3 is 7.12 Å². The molecule has 1 aromatic rings. The van der Waals surface area contributed by atoms with Gasteiger partial charge in [-0.2, -0.15) is 5.26 Å². The van der Waals surface area contributed by atoms with E-state index in [1.54, 1.807) is 24.4 Å². The minimum Gasteiger partial charge on any atom is -0.498 e. The Bertz CT molecular complexity index is 1440. The van der Waals surface area contributed by atoms with E-state index in [-0.39, 0.29) is 30.2 Å². The fourth-order valence-electron chi connectivity index (χ4n) is 6.27. The van der Waals surface area contributed by atoms with Crippen LogP contribution in [0.25, 0.3) is 0 Å². The molecular formula is C33H41BN6O6. The molecule has 5 rings (SSSR count). The van der Waals surface area contributed by atoms with Crippen LogP contribution in [-0.2, 0) is 25.5 Å². The third-order valence-corrected chi connectivity index (χ3v) is 8.98. The molecule has 242 valence electrons. The van der Waals surface area contributed by atoms with Gasteiger partial charge in [-0.3, -0.25) is 24.3 Å². The highest BCUT2D eigenvalue weighted by atomic mass is 16.5. The number of aliphatic imine (C=N–C) groups is 1. The average molecular weight is 629 g/mol. The Morgan fingerprint density at radius 1 is 1.04 bits per heavy atom. The predicted molar refractivity (Wildman–Crippen MR) is 172 cm³/mol. The summed E-state index contributed by atoms with van der Waals surface area (Å²) in [5.74, 6) is 0.0952. The average Bonchev–Trinajstić information content (AvgIpc) is 3.57. The maximum absolute atomic E-state index is 13.1. The zero-order valence-electron chi connectivity index (χ0n) is 26.0. The zero-order valence-corrected chi connectivity index (χ0v) is 26.0. The Hall–Kier alpha value is -4.25. The molecular weight excluding hydrogens is 587 g/mol. The number of carbonyl (C=O) groups is 3. The number of piperazine rings is 1. The van der Waals surface area contributed by atoms with Crippen LogP contribution in [0.4, 0.5) is 0 Å². The SMILES string of the molecule is N#C[C@@H]1CCCN1C(=O)CNC(=O)C1=CC=NC2=CC=C(OCCCN3CCN(C(=O)CCc4ccc(B(O)O)cc4)CC3)CC21. The third kappa shape index (κ3) is 8.51. The van der Waals surface area contributed by atoms with Gasteiger partial charge in [0.1, 0.15) is 6.04 Å². The molecule has 4 aliphatic rings. The van der Waals surface area contributed by atoms with Crippen LogP contribution >= 0.6 is 0 Å². The van der Waals surface area contributed by atoms with Crippen molar-refractivity contribution in [2.24, 2.45) is 10.9 Å². The highest BCUT2D eigenvalue weighted by molar-refractivity contribution is 6.58. The van der Waals surface area contributed by atoms with Gasteiger partial charge in [0.25, 0.3) is 0 Å². The van der Waals surface area contributed by atoms with E-state index in [1.165, 1.54) is 4.90 Å². The van der Waals surface area contributed by atoms with E-state index in [2.05, 4.69) is 21.3 Å². The molecule has 12 nitrogen and oxygen atoms in total. The highest BCUT2D eigenvalue weighted by Crippen LogP contribution is 2.34. The van der Waals surface area contributed by atoms with Crippen molar-refractivity contribution >= 4 is 36.5 Å². The van der Waals surface area contributed by atoms with Gasteiger partial charge in [-0.15, -0.1) is 0 Å². The molecule has 0 aromatic heterocycles. The molecule has 1 unspecified atom stereocenters. The number of ether oxygens (including phenoxy) is 1. The van der Waals surface area contributed by atoms with E-state index >= 15 is 0 Å². The Labute approximate surface area is 269 Å². The molecule has 3 aliphatic heterocycles. The zero-order chi connectivity index (χ0) is 32.5. The Balaban J connectivity index is 0.987. The van der Waals surface area contributed by atoms with Crippen molar-refractivity contribution in [3.63, 3.8) is 0 Å². The molecule has 1 aromatic carbocycles. The van der Waals surface area contributed by atoms with E-state index < -0.39 is 13.2 Å². The number of allylic oxidation sites excluding steroid dienone is 5. The smallest absolute Gasteiger partial charge is 0.488 e. The molecule has 3 N–H and O–H groups in total. The summed E-state index contributed by atoms with van der Waals surface area (Å²) in [5.41, 5.74) is 2.74. The van der Waals surface area contributed by atoms with Crippen molar-refractivity contribution in [2.45, 2.75) is 44.6 Å². The second-order valence-corrected chi connectivity index (χ2v) is 12.0. The number of nitrogens with zero attached hydrogens (tertiary/aromatic N) is 5. The second-order valence-electron chi connectivity index (χ2n) is 12.0. The molecule has 0 radical (unpaired) electrons. The van der Waals surface area contributed by atoms with Crippen molar-refractivity contribution < 1.29 is 29.2 Å². The molecule has 2 fully saturated rings. The first-order valence-corrected chi connectivity index (χ1v) is 16.0. The number of hydrogen-bond donors (Lipinski definition) is 3. The van der Waals surface area contributed by atoms with E-state index in [4.69, 9.17) is 4.74 Å². The Morgan fingerprint density at radius 3 is 2.57 bits per heavy atom. The molecule has 0 saturated carbocycles. The van der Waals surface area contributed by atoms with Gasteiger partial charge < -0.3 is 29.9 Å². The third-order valence-electron chi connectivity index (χ3n) is 8.98. The number of hydrogen-bond acceptors (Lipinski definition) is 9. The van der Waals surface area contributed by atoms with Crippen molar-refractivity contribution in [1.29, 1.82) is 5.26 Å². The van der Waals surface area contributed by atoms with Crippen LogP contribution in [0.1, 0.15) is 37.7 Å². The number of amides is 3. The van der Waals surface area contributed by atoms with Gasteiger partial charge in [0.2, 0.25) is 17.7 Å². The lowest BCUT2D eigenvalue weighted by atomic mass is 9.80. The lowest BCUT2D eigenvalue weighted by molar-refractivity contribution is -0.133. The number of aryl methyl sites for hydroxylation is 1. The quantitative estimate of drug-likeness (QED) is 0.220. The predicted octanol–water partition coefficient (Wildman–Crippen LogP) is 0.279. The summed E-state index contributed by atoms with van der Waals surface area (Å²) in [4.78, 5) is 48.6. The monoisotopic (exact) mass is 628 g/mol. The fraction of sp³-hybridized carbons (Fsp3) is 0.485. The lowest BCUT2D eigenvalue weighted by Crippen LogP contribution is -2.49. The van der Waals surface area contributed by atoms with Crippen molar-refractivity contribution in [2.75, 3.05) is 52.4 Å².